The van der Waals surface area contributed by atoms with Crippen LogP contribution in [0.3, 0.4) is 0 Å². The van der Waals surface area contributed by atoms with Crippen LogP contribution in [0.5, 0.6) is 0 Å². The van der Waals surface area contributed by atoms with Crippen LogP contribution in [0.25, 0.3) is 0 Å². The van der Waals surface area contributed by atoms with E-state index in [1.807, 2.05) is 0 Å². The first kappa shape index (κ1) is 11.5. The number of rotatable bonds is 5. The largest absolute Gasteiger partial charge is 0.324 e. The van der Waals surface area contributed by atoms with E-state index in [2.05, 4.69) is 31.2 Å². The van der Waals surface area contributed by atoms with Crippen molar-refractivity contribution in [1.82, 2.24) is 0 Å². The molecule has 0 fully saturated rings. The molecule has 0 aromatic heterocycles. The van der Waals surface area contributed by atoms with E-state index in [0.717, 1.165) is 12.8 Å². The number of aryl methyl sites for hydroxylation is 1. The van der Waals surface area contributed by atoms with Crippen LogP contribution in [0.2, 0.25) is 0 Å². The molecule has 0 spiro atoms. The van der Waals surface area contributed by atoms with E-state index in [4.69, 9.17) is 17.3 Å². The first-order valence-corrected chi connectivity index (χ1v) is 5.71. The van der Waals surface area contributed by atoms with E-state index in [1.54, 1.807) is 0 Å². The molecule has 1 nitrogen and oxygen atoms in total. The summed E-state index contributed by atoms with van der Waals surface area (Å²) in [7, 11) is 0. The molecule has 0 aliphatic rings. The topological polar surface area (TPSA) is 26.0 Å². The monoisotopic (exact) mass is 211 g/mol. The van der Waals surface area contributed by atoms with Crippen LogP contribution in [0.15, 0.2) is 24.3 Å². The van der Waals surface area contributed by atoms with E-state index < -0.39 is 0 Å². The second-order valence-electron chi connectivity index (χ2n) is 3.58. The number of alkyl halides is 1. The molecule has 0 radical (unpaired) electrons. The normalized spacial score (nSPS) is 12.8. The molecule has 0 aliphatic carbocycles. The number of hydrogen-bond acceptors (Lipinski definition) is 1. The van der Waals surface area contributed by atoms with Crippen molar-refractivity contribution in [2.45, 2.75) is 32.2 Å². The minimum Gasteiger partial charge on any atom is -0.324 e. The lowest BCUT2D eigenvalue weighted by atomic mass is 10.0. The van der Waals surface area contributed by atoms with Crippen LogP contribution >= 0.6 is 11.6 Å². The number of benzene rings is 1. The zero-order chi connectivity index (χ0) is 10.4. The van der Waals surface area contributed by atoms with Gasteiger partial charge in [0, 0.05) is 11.9 Å². The van der Waals surface area contributed by atoms with Crippen LogP contribution < -0.4 is 5.73 Å². The van der Waals surface area contributed by atoms with Crippen molar-refractivity contribution in [3.63, 3.8) is 0 Å². The Bertz CT molecular complexity index is 256. The Balaban J connectivity index is 2.62. The van der Waals surface area contributed by atoms with Gasteiger partial charge in [0.1, 0.15) is 0 Å². The number of nitrogens with two attached hydrogens (primary N) is 1. The maximum atomic E-state index is 5.95. The van der Waals surface area contributed by atoms with E-state index in [-0.39, 0.29) is 6.04 Å². The summed E-state index contributed by atoms with van der Waals surface area (Å²) >= 11 is 5.65. The van der Waals surface area contributed by atoms with Gasteiger partial charge in [-0.3, -0.25) is 0 Å². The van der Waals surface area contributed by atoms with Gasteiger partial charge < -0.3 is 5.73 Å². The Morgan fingerprint density at radius 1 is 1.29 bits per heavy atom. The third-order valence-electron chi connectivity index (χ3n) is 2.37. The van der Waals surface area contributed by atoms with Crippen LogP contribution in [-0.2, 0) is 6.42 Å². The van der Waals surface area contributed by atoms with Gasteiger partial charge in [0.05, 0.1) is 0 Å². The Kier molecular flexibility index (Phi) is 4.99. The fraction of sp³-hybridized carbons (Fsp3) is 0.500. The highest BCUT2D eigenvalue weighted by Gasteiger charge is 2.04. The molecule has 2 heteroatoms. The average Bonchev–Trinajstić information content (AvgIpc) is 2.20. The molecule has 2 N–H and O–H groups in total. The van der Waals surface area contributed by atoms with Crippen LogP contribution in [0.4, 0.5) is 0 Å². The Morgan fingerprint density at radius 2 is 1.93 bits per heavy atom. The van der Waals surface area contributed by atoms with E-state index >= 15 is 0 Å². The van der Waals surface area contributed by atoms with E-state index in [1.165, 1.54) is 17.5 Å². The molecule has 1 aromatic rings. The smallest absolute Gasteiger partial charge is 0.0306 e. The molecule has 0 saturated carbocycles. The summed E-state index contributed by atoms with van der Waals surface area (Å²) in [5.41, 5.74) is 8.51. The number of halogens is 1. The van der Waals surface area contributed by atoms with Gasteiger partial charge in [-0.05, 0) is 24.0 Å². The number of hydrogen-bond donors (Lipinski definition) is 1. The predicted molar refractivity (Wildman–Crippen MR) is 62.7 cm³/mol. The minimum absolute atomic E-state index is 0.0863. The van der Waals surface area contributed by atoms with E-state index in [9.17, 15) is 0 Å². The molecular weight excluding hydrogens is 194 g/mol. The summed E-state index contributed by atoms with van der Waals surface area (Å²) in [5, 5.41) is 0. The summed E-state index contributed by atoms with van der Waals surface area (Å²) in [6.45, 7) is 2.19. The lowest BCUT2D eigenvalue weighted by Crippen LogP contribution is -2.10. The second kappa shape index (κ2) is 6.05. The van der Waals surface area contributed by atoms with Crippen LogP contribution in [0, 0.1) is 0 Å². The van der Waals surface area contributed by atoms with Crippen molar-refractivity contribution in [2.75, 3.05) is 5.88 Å². The average molecular weight is 212 g/mol. The highest BCUT2D eigenvalue weighted by molar-refractivity contribution is 6.17. The molecule has 0 bridgehead atoms. The van der Waals surface area contributed by atoms with Gasteiger partial charge in [-0.1, -0.05) is 37.6 Å². The molecule has 1 atom stereocenters. The highest BCUT2D eigenvalue weighted by atomic mass is 35.5. The molecular formula is C12H18ClN. The lowest BCUT2D eigenvalue weighted by Gasteiger charge is -2.10. The zero-order valence-corrected chi connectivity index (χ0v) is 9.43. The fourth-order valence-corrected chi connectivity index (χ4v) is 1.74. The summed E-state index contributed by atoms with van der Waals surface area (Å²) in [6.07, 6.45) is 3.17. The molecule has 14 heavy (non-hydrogen) atoms. The zero-order valence-electron chi connectivity index (χ0n) is 8.67. The molecule has 1 aromatic carbocycles. The van der Waals surface area contributed by atoms with Gasteiger partial charge in [0.15, 0.2) is 0 Å². The van der Waals surface area contributed by atoms with Gasteiger partial charge in [-0.15, -0.1) is 11.6 Å². The summed E-state index contributed by atoms with van der Waals surface area (Å²) < 4.78 is 0. The van der Waals surface area contributed by atoms with Crippen LogP contribution in [0.1, 0.15) is 36.9 Å². The molecule has 78 valence electrons. The van der Waals surface area contributed by atoms with E-state index in [0.29, 0.717) is 5.88 Å². The molecule has 1 rings (SSSR count). The van der Waals surface area contributed by atoms with Crippen molar-refractivity contribution in [2.24, 2.45) is 5.73 Å². The molecule has 0 saturated heterocycles. The highest BCUT2D eigenvalue weighted by Crippen LogP contribution is 2.15. The van der Waals surface area contributed by atoms with Gasteiger partial charge in [0.25, 0.3) is 0 Å². The predicted octanol–water partition coefficient (Wildman–Crippen LogP) is 3.27. The third kappa shape index (κ3) is 3.32. The summed E-state index contributed by atoms with van der Waals surface area (Å²) in [6, 6.07) is 8.63. The van der Waals surface area contributed by atoms with Gasteiger partial charge in [-0.25, -0.2) is 0 Å². The minimum atomic E-state index is 0.0863. The third-order valence-corrected chi connectivity index (χ3v) is 2.58. The van der Waals surface area contributed by atoms with Crippen molar-refractivity contribution in [3.8, 4) is 0 Å². The maximum absolute atomic E-state index is 5.95. The van der Waals surface area contributed by atoms with Gasteiger partial charge in [0.2, 0.25) is 0 Å². The standard InChI is InChI=1S/C12H18ClN/c1-2-3-10-4-6-11(7-5-10)12(14)8-9-13/h4-7,12H,2-3,8-9,14H2,1H3. The Hall–Kier alpha value is -0.530. The molecule has 0 amide bonds. The molecule has 0 aliphatic heterocycles. The van der Waals surface area contributed by atoms with Crippen LogP contribution in [-0.4, -0.2) is 5.88 Å². The van der Waals surface area contributed by atoms with Gasteiger partial charge in [-0.2, -0.15) is 0 Å². The summed E-state index contributed by atoms with van der Waals surface area (Å²) in [4.78, 5) is 0. The van der Waals surface area contributed by atoms with Gasteiger partial charge >= 0.3 is 0 Å². The summed E-state index contributed by atoms with van der Waals surface area (Å²) in [5.74, 6) is 0.623. The first-order chi connectivity index (χ1) is 6.77. The lowest BCUT2D eigenvalue weighted by molar-refractivity contribution is 0.702. The SMILES string of the molecule is CCCc1ccc(C(N)CCCl)cc1. The molecule has 1 unspecified atom stereocenters. The molecule has 0 heterocycles. The second-order valence-corrected chi connectivity index (χ2v) is 3.95. The Morgan fingerprint density at radius 3 is 2.43 bits per heavy atom. The quantitative estimate of drug-likeness (QED) is 0.744. The maximum Gasteiger partial charge on any atom is 0.0306 e. The van der Waals surface area contributed by atoms with Crippen molar-refractivity contribution in [1.29, 1.82) is 0 Å². The first-order valence-electron chi connectivity index (χ1n) is 5.18. The van der Waals surface area contributed by atoms with Crippen molar-refractivity contribution in [3.05, 3.63) is 35.4 Å². The van der Waals surface area contributed by atoms with Crippen molar-refractivity contribution >= 4 is 11.6 Å². The Labute approximate surface area is 91.3 Å². The fourth-order valence-electron chi connectivity index (χ4n) is 1.50. The van der Waals surface area contributed by atoms with Crippen molar-refractivity contribution < 1.29 is 0 Å².